The number of allylic oxidation sites excluding steroid dienone is 1. The van der Waals surface area contributed by atoms with Crippen LogP contribution >= 0.6 is 23.4 Å². The summed E-state index contributed by atoms with van der Waals surface area (Å²) in [5.41, 5.74) is 13.8. The summed E-state index contributed by atoms with van der Waals surface area (Å²) in [5, 5.41) is 1.62. The third-order valence-electron chi connectivity index (χ3n) is 2.82. The number of fused-ring (bicyclic) bond motifs is 1. The molecule has 1 aromatic heterocycles. The number of pyridine rings is 1. The van der Waals surface area contributed by atoms with Gasteiger partial charge in [-0.25, -0.2) is 0 Å². The Hall–Kier alpha value is -1.07. The zero-order chi connectivity index (χ0) is 14.0. The molecule has 0 saturated carbocycles. The molecule has 0 aliphatic carbocycles. The van der Waals surface area contributed by atoms with Crippen molar-refractivity contribution >= 4 is 34.3 Å². The van der Waals surface area contributed by atoms with E-state index in [1.807, 2.05) is 31.2 Å². The fourth-order valence-corrected chi connectivity index (χ4v) is 3.18. The number of hydrogen-bond donors (Lipinski definition) is 2. The van der Waals surface area contributed by atoms with Crippen molar-refractivity contribution in [3.8, 4) is 0 Å². The van der Waals surface area contributed by atoms with Gasteiger partial charge in [-0.05, 0) is 25.0 Å². The Balaban J connectivity index is 2.78. The maximum atomic E-state index is 6.21. The molecular formula is C14H16ClN3S. The summed E-state index contributed by atoms with van der Waals surface area (Å²) in [7, 11) is 0. The molecule has 0 spiro atoms. The minimum atomic E-state index is -0.479. The standard InChI is InChI=1S/C14H16ClN3S/c1-3-5-9-8(2)18-12-10(6-4-7-11(12)15)13(9)19-14(16)17/h3-4,6-7,14H,1,5,16-17H2,2H3. The summed E-state index contributed by atoms with van der Waals surface area (Å²) < 4.78 is 0. The summed E-state index contributed by atoms with van der Waals surface area (Å²) in [6.07, 6.45) is 2.59. The van der Waals surface area contributed by atoms with Crippen LogP contribution in [0.2, 0.25) is 5.02 Å². The highest BCUT2D eigenvalue weighted by molar-refractivity contribution is 8.00. The number of halogens is 1. The maximum absolute atomic E-state index is 6.21. The van der Waals surface area contributed by atoms with Crippen molar-refractivity contribution in [3.63, 3.8) is 0 Å². The molecule has 0 bridgehead atoms. The van der Waals surface area contributed by atoms with Crippen LogP contribution in [-0.4, -0.2) is 10.5 Å². The number of rotatable bonds is 4. The number of nitrogens with zero attached hydrogens (tertiary/aromatic N) is 1. The maximum Gasteiger partial charge on any atom is 0.105 e. The van der Waals surface area contributed by atoms with Gasteiger partial charge < -0.3 is 11.5 Å². The molecule has 0 aliphatic heterocycles. The van der Waals surface area contributed by atoms with Crippen molar-refractivity contribution in [2.24, 2.45) is 11.5 Å². The van der Waals surface area contributed by atoms with Crippen LogP contribution in [0.4, 0.5) is 0 Å². The first-order chi connectivity index (χ1) is 9.04. The highest BCUT2D eigenvalue weighted by atomic mass is 35.5. The van der Waals surface area contributed by atoms with E-state index in [1.54, 1.807) is 0 Å². The van der Waals surface area contributed by atoms with Crippen LogP contribution in [0.25, 0.3) is 10.9 Å². The molecule has 1 aromatic carbocycles. The molecule has 0 amide bonds. The highest BCUT2D eigenvalue weighted by Crippen LogP contribution is 2.35. The van der Waals surface area contributed by atoms with Crippen LogP contribution in [0.3, 0.4) is 0 Å². The minimum absolute atomic E-state index is 0.479. The zero-order valence-corrected chi connectivity index (χ0v) is 12.3. The van der Waals surface area contributed by atoms with Crippen LogP contribution in [0.15, 0.2) is 35.7 Å². The zero-order valence-electron chi connectivity index (χ0n) is 10.7. The number of aromatic nitrogens is 1. The molecule has 2 aromatic rings. The number of hydrogen-bond acceptors (Lipinski definition) is 4. The van der Waals surface area contributed by atoms with E-state index < -0.39 is 5.50 Å². The van der Waals surface area contributed by atoms with Gasteiger partial charge in [-0.3, -0.25) is 4.98 Å². The Morgan fingerprint density at radius 3 is 2.84 bits per heavy atom. The van der Waals surface area contributed by atoms with Gasteiger partial charge in [0.25, 0.3) is 0 Å². The lowest BCUT2D eigenvalue weighted by atomic mass is 10.1. The SMILES string of the molecule is C=CCc1c(C)nc2c(Cl)cccc2c1SC(N)N. The van der Waals surface area contributed by atoms with Gasteiger partial charge in [0.15, 0.2) is 0 Å². The molecule has 2 rings (SSSR count). The summed E-state index contributed by atoms with van der Waals surface area (Å²) in [4.78, 5) is 5.63. The predicted molar refractivity (Wildman–Crippen MR) is 83.4 cm³/mol. The Morgan fingerprint density at radius 2 is 2.21 bits per heavy atom. The van der Waals surface area contributed by atoms with Crippen molar-refractivity contribution in [1.29, 1.82) is 0 Å². The quantitative estimate of drug-likeness (QED) is 0.516. The van der Waals surface area contributed by atoms with E-state index in [9.17, 15) is 0 Å². The lowest BCUT2D eigenvalue weighted by Gasteiger charge is -2.16. The number of thioether (sulfide) groups is 1. The fourth-order valence-electron chi connectivity index (χ4n) is 2.03. The van der Waals surface area contributed by atoms with Gasteiger partial charge in [0.1, 0.15) is 5.50 Å². The third kappa shape index (κ3) is 2.92. The average Bonchev–Trinajstić information content (AvgIpc) is 2.34. The lowest BCUT2D eigenvalue weighted by molar-refractivity contribution is 0.981. The van der Waals surface area contributed by atoms with E-state index in [0.717, 1.165) is 33.5 Å². The first kappa shape index (κ1) is 14.3. The van der Waals surface area contributed by atoms with E-state index >= 15 is 0 Å². The molecule has 1 heterocycles. The van der Waals surface area contributed by atoms with Crippen molar-refractivity contribution in [2.75, 3.05) is 0 Å². The first-order valence-corrected chi connectivity index (χ1v) is 7.16. The van der Waals surface area contributed by atoms with Gasteiger partial charge in [-0.2, -0.15) is 0 Å². The van der Waals surface area contributed by atoms with Crippen molar-refractivity contribution in [2.45, 2.75) is 23.7 Å². The average molecular weight is 294 g/mol. The summed E-state index contributed by atoms with van der Waals surface area (Å²) in [5.74, 6) is 0. The predicted octanol–water partition coefficient (Wildman–Crippen LogP) is 3.22. The third-order valence-corrected chi connectivity index (χ3v) is 4.10. The molecule has 0 unspecified atom stereocenters. The van der Waals surface area contributed by atoms with Crippen molar-refractivity contribution < 1.29 is 0 Å². The molecule has 0 atom stereocenters. The largest absolute Gasteiger partial charge is 0.307 e. The van der Waals surface area contributed by atoms with E-state index in [2.05, 4.69) is 11.6 Å². The molecule has 0 saturated heterocycles. The fraction of sp³-hybridized carbons (Fsp3) is 0.214. The van der Waals surface area contributed by atoms with Crippen LogP contribution in [0.1, 0.15) is 11.3 Å². The number of aryl methyl sites for hydroxylation is 1. The second-order valence-corrected chi connectivity index (χ2v) is 5.81. The summed E-state index contributed by atoms with van der Waals surface area (Å²) in [6.45, 7) is 5.76. The molecule has 100 valence electrons. The molecule has 4 N–H and O–H groups in total. The molecule has 0 radical (unpaired) electrons. The lowest BCUT2D eigenvalue weighted by Crippen LogP contribution is -2.26. The topological polar surface area (TPSA) is 64.9 Å². The van der Waals surface area contributed by atoms with Crippen molar-refractivity contribution in [1.82, 2.24) is 4.98 Å². The smallest absolute Gasteiger partial charge is 0.105 e. The van der Waals surface area contributed by atoms with E-state index in [-0.39, 0.29) is 0 Å². The molecule has 3 nitrogen and oxygen atoms in total. The normalized spacial score (nSPS) is 11.2. The highest BCUT2D eigenvalue weighted by Gasteiger charge is 2.15. The first-order valence-electron chi connectivity index (χ1n) is 5.91. The van der Waals surface area contributed by atoms with Crippen LogP contribution < -0.4 is 11.5 Å². The Morgan fingerprint density at radius 1 is 1.47 bits per heavy atom. The minimum Gasteiger partial charge on any atom is -0.307 e. The van der Waals surface area contributed by atoms with Gasteiger partial charge in [0, 0.05) is 16.0 Å². The van der Waals surface area contributed by atoms with Gasteiger partial charge in [-0.1, -0.05) is 41.6 Å². The monoisotopic (exact) mass is 293 g/mol. The number of nitrogens with two attached hydrogens (primary N) is 2. The second-order valence-electron chi connectivity index (χ2n) is 4.22. The summed E-state index contributed by atoms with van der Waals surface area (Å²) in [6, 6.07) is 5.73. The molecule has 19 heavy (non-hydrogen) atoms. The molecule has 5 heteroatoms. The van der Waals surface area contributed by atoms with Crippen LogP contribution in [-0.2, 0) is 6.42 Å². The molecule has 0 aliphatic rings. The summed E-state index contributed by atoms with van der Waals surface area (Å²) >= 11 is 7.64. The van der Waals surface area contributed by atoms with Gasteiger partial charge in [-0.15, -0.1) is 6.58 Å². The van der Waals surface area contributed by atoms with Gasteiger partial charge in [0.2, 0.25) is 0 Å². The Bertz CT molecular complexity index is 626. The molecule has 0 fully saturated rings. The number of para-hydroxylation sites is 1. The Labute approximate surface area is 122 Å². The van der Waals surface area contributed by atoms with E-state index in [1.165, 1.54) is 11.8 Å². The van der Waals surface area contributed by atoms with Gasteiger partial charge in [0.05, 0.1) is 10.5 Å². The molecular weight excluding hydrogens is 278 g/mol. The van der Waals surface area contributed by atoms with Gasteiger partial charge >= 0.3 is 0 Å². The Kier molecular flexibility index (Phi) is 4.47. The number of benzene rings is 1. The van der Waals surface area contributed by atoms with E-state index in [4.69, 9.17) is 23.1 Å². The van der Waals surface area contributed by atoms with Crippen LogP contribution in [0, 0.1) is 6.92 Å². The van der Waals surface area contributed by atoms with E-state index in [0.29, 0.717) is 5.02 Å². The van der Waals surface area contributed by atoms with Crippen LogP contribution in [0.5, 0.6) is 0 Å². The second kappa shape index (κ2) is 5.92. The van der Waals surface area contributed by atoms with Crippen molar-refractivity contribution in [3.05, 3.63) is 47.1 Å².